The third-order valence-electron chi connectivity index (χ3n) is 4.03. The minimum atomic E-state index is -3.91. The number of nitrogens with two attached hydrogens (primary N) is 1. The van der Waals surface area contributed by atoms with Gasteiger partial charge in [0.15, 0.2) is 0 Å². The summed E-state index contributed by atoms with van der Waals surface area (Å²) < 4.78 is 23.3. The van der Waals surface area contributed by atoms with Crippen molar-refractivity contribution in [1.29, 1.82) is 0 Å². The van der Waals surface area contributed by atoms with Gasteiger partial charge in [-0.1, -0.05) is 24.3 Å². The van der Waals surface area contributed by atoms with Gasteiger partial charge in [0.05, 0.1) is 4.90 Å². The third-order valence-corrected chi connectivity index (χ3v) is 5.73. The predicted molar refractivity (Wildman–Crippen MR) is 112 cm³/mol. The first-order valence-corrected chi connectivity index (χ1v) is 11.5. The average molecular weight is 422 g/mol. The summed E-state index contributed by atoms with van der Waals surface area (Å²) >= 11 is 1.56. The maximum atomic E-state index is 12.7. The molecule has 2 aromatic carbocycles. The van der Waals surface area contributed by atoms with Gasteiger partial charge in [0.25, 0.3) is 5.91 Å². The second kappa shape index (κ2) is 9.72. The lowest BCUT2D eigenvalue weighted by atomic mass is 10.1. The molecule has 0 saturated carbocycles. The van der Waals surface area contributed by atoms with Crippen LogP contribution in [0.2, 0.25) is 0 Å². The molecule has 1 atom stereocenters. The Labute approximate surface area is 169 Å². The normalized spacial score (nSPS) is 12.2. The molecule has 0 spiro atoms. The van der Waals surface area contributed by atoms with Crippen LogP contribution in [0.4, 0.5) is 5.69 Å². The number of sulfonamides is 1. The summed E-state index contributed by atoms with van der Waals surface area (Å²) in [6, 6.07) is 12.3. The summed E-state index contributed by atoms with van der Waals surface area (Å²) in [4.78, 5) is 25.1. The lowest BCUT2D eigenvalue weighted by Crippen LogP contribution is -2.44. The lowest BCUT2D eigenvalue weighted by molar-refractivity contribution is -0.118. The van der Waals surface area contributed by atoms with Crippen LogP contribution in [0.15, 0.2) is 53.4 Å². The van der Waals surface area contributed by atoms with Crippen LogP contribution < -0.4 is 15.8 Å². The number of nitrogens with one attached hydrogen (secondary N) is 2. The zero-order valence-corrected chi connectivity index (χ0v) is 17.3. The largest absolute Gasteiger partial charge is 0.340 e. The van der Waals surface area contributed by atoms with Gasteiger partial charge in [0, 0.05) is 11.3 Å². The molecule has 150 valence electrons. The van der Waals surface area contributed by atoms with E-state index in [1.54, 1.807) is 61.2 Å². The van der Waals surface area contributed by atoms with Gasteiger partial charge >= 0.3 is 0 Å². The number of carbonyl (C=O) groups excluding carboxylic acids is 2. The number of carbonyl (C=O) groups is 2. The molecule has 0 fully saturated rings. The van der Waals surface area contributed by atoms with Crippen molar-refractivity contribution in [3.05, 3.63) is 59.7 Å². The fourth-order valence-electron chi connectivity index (χ4n) is 2.55. The van der Waals surface area contributed by atoms with Crippen molar-refractivity contribution in [3.63, 3.8) is 0 Å². The first-order valence-electron chi connectivity index (χ1n) is 8.51. The zero-order chi connectivity index (χ0) is 20.7. The van der Waals surface area contributed by atoms with E-state index in [0.29, 0.717) is 29.0 Å². The SMILES string of the molecule is CSCC[C@@H](NC(=O)c1ccccc1)C(=O)Nc1ccc(C)c(S(N)(=O)=O)c1. The molecule has 0 aliphatic heterocycles. The van der Waals surface area contributed by atoms with Gasteiger partial charge in [-0.15, -0.1) is 0 Å². The summed E-state index contributed by atoms with van der Waals surface area (Å²) in [5, 5.41) is 10.6. The van der Waals surface area contributed by atoms with Gasteiger partial charge < -0.3 is 10.6 Å². The summed E-state index contributed by atoms with van der Waals surface area (Å²) in [5.41, 5.74) is 1.23. The number of rotatable bonds is 8. The molecule has 0 radical (unpaired) electrons. The Morgan fingerprint density at radius 1 is 1.14 bits per heavy atom. The first kappa shape index (κ1) is 21.9. The number of hydrogen-bond acceptors (Lipinski definition) is 5. The second-order valence-corrected chi connectivity index (χ2v) is 8.70. The molecule has 7 nitrogen and oxygen atoms in total. The van der Waals surface area contributed by atoms with Crippen molar-refractivity contribution in [3.8, 4) is 0 Å². The van der Waals surface area contributed by atoms with E-state index in [-0.39, 0.29) is 10.8 Å². The highest BCUT2D eigenvalue weighted by Gasteiger charge is 2.22. The summed E-state index contributed by atoms with van der Waals surface area (Å²) in [6.07, 6.45) is 2.34. The highest BCUT2D eigenvalue weighted by Crippen LogP contribution is 2.19. The first-order chi connectivity index (χ1) is 13.2. The lowest BCUT2D eigenvalue weighted by Gasteiger charge is -2.19. The van der Waals surface area contributed by atoms with Crippen molar-refractivity contribution < 1.29 is 18.0 Å². The highest BCUT2D eigenvalue weighted by molar-refractivity contribution is 7.98. The number of anilines is 1. The fraction of sp³-hybridized carbons (Fsp3) is 0.263. The number of benzene rings is 2. The van der Waals surface area contributed by atoms with E-state index in [1.807, 2.05) is 6.26 Å². The average Bonchev–Trinajstić information content (AvgIpc) is 2.66. The molecular weight excluding hydrogens is 398 g/mol. The van der Waals surface area contributed by atoms with Gasteiger partial charge in [-0.2, -0.15) is 11.8 Å². The van der Waals surface area contributed by atoms with Crippen LogP contribution >= 0.6 is 11.8 Å². The third kappa shape index (κ3) is 6.08. The van der Waals surface area contributed by atoms with Gasteiger partial charge in [-0.3, -0.25) is 9.59 Å². The molecule has 0 saturated heterocycles. The van der Waals surface area contributed by atoms with Crippen LogP contribution in [0.3, 0.4) is 0 Å². The van der Waals surface area contributed by atoms with E-state index >= 15 is 0 Å². The molecule has 0 bridgehead atoms. The minimum absolute atomic E-state index is 0.0562. The van der Waals surface area contributed by atoms with E-state index in [4.69, 9.17) is 5.14 Å². The Kier molecular flexibility index (Phi) is 7.61. The topological polar surface area (TPSA) is 118 Å². The minimum Gasteiger partial charge on any atom is -0.340 e. The molecule has 0 heterocycles. The van der Waals surface area contributed by atoms with Crippen LogP contribution in [0.25, 0.3) is 0 Å². The van der Waals surface area contributed by atoms with Gasteiger partial charge in [0.2, 0.25) is 15.9 Å². The van der Waals surface area contributed by atoms with Crippen LogP contribution in [0, 0.1) is 6.92 Å². The van der Waals surface area contributed by atoms with E-state index < -0.39 is 22.0 Å². The maximum Gasteiger partial charge on any atom is 0.251 e. The number of hydrogen-bond donors (Lipinski definition) is 3. The molecule has 0 aliphatic rings. The Bertz CT molecular complexity index is 947. The zero-order valence-electron chi connectivity index (χ0n) is 15.6. The van der Waals surface area contributed by atoms with Crippen molar-refractivity contribution in [2.24, 2.45) is 5.14 Å². The van der Waals surface area contributed by atoms with Crippen molar-refractivity contribution in [2.75, 3.05) is 17.3 Å². The van der Waals surface area contributed by atoms with E-state index in [1.165, 1.54) is 6.07 Å². The molecule has 9 heteroatoms. The van der Waals surface area contributed by atoms with Crippen molar-refractivity contribution >= 4 is 39.3 Å². The summed E-state index contributed by atoms with van der Waals surface area (Å²) in [5.74, 6) is -0.109. The van der Waals surface area contributed by atoms with Crippen molar-refractivity contribution in [1.82, 2.24) is 5.32 Å². The number of thioether (sulfide) groups is 1. The van der Waals surface area contributed by atoms with E-state index in [0.717, 1.165) is 0 Å². The molecule has 0 aliphatic carbocycles. The molecule has 0 unspecified atom stereocenters. The summed E-state index contributed by atoms with van der Waals surface area (Å²) in [6.45, 7) is 1.62. The smallest absolute Gasteiger partial charge is 0.251 e. The number of amides is 2. The molecule has 0 aromatic heterocycles. The van der Waals surface area contributed by atoms with Gasteiger partial charge in [-0.05, 0) is 55.2 Å². The second-order valence-electron chi connectivity index (χ2n) is 6.19. The molecule has 4 N–H and O–H groups in total. The predicted octanol–water partition coefficient (Wildman–Crippen LogP) is 2.13. The fourth-order valence-corrected chi connectivity index (χ4v) is 3.83. The molecule has 2 rings (SSSR count). The number of primary sulfonamides is 1. The monoisotopic (exact) mass is 421 g/mol. The molecule has 2 aromatic rings. The molecular formula is C19H23N3O4S2. The highest BCUT2D eigenvalue weighted by atomic mass is 32.2. The number of aryl methyl sites for hydroxylation is 1. The van der Waals surface area contributed by atoms with E-state index in [9.17, 15) is 18.0 Å². The van der Waals surface area contributed by atoms with Crippen LogP contribution in [0.1, 0.15) is 22.3 Å². The quantitative estimate of drug-likeness (QED) is 0.603. The van der Waals surface area contributed by atoms with Crippen molar-refractivity contribution in [2.45, 2.75) is 24.3 Å². The Morgan fingerprint density at radius 3 is 2.43 bits per heavy atom. The molecule has 28 heavy (non-hydrogen) atoms. The van der Waals surface area contributed by atoms with E-state index in [2.05, 4.69) is 10.6 Å². The van der Waals surface area contributed by atoms with Gasteiger partial charge in [-0.25, -0.2) is 13.6 Å². The van der Waals surface area contributed by atoms with Gasteiger partial charge in [0.1, 0.15) is 6.04 Å². The summed E-state index contributed by atoms with van der Waals surface area (Å²) in [7, 11) is -3.91. The molecule has 2 amide bonds. The Hall–Kier alpha value is -2.36. The maximum absolute atomic E-state index is 12.7. The Morgan fingerprint density at radius 2 is 1.82 bits per heavy atom. The van der Waals surface area contributed by atoms with Crippen LogP contribution in [-0.2, 0) is 14.8 Å². The van der Waals surface area contributed by atoms with Crippen LogP contribution in [-0.4, -0.2) is 38.3 Å². The standard InChI is InChI=1S/C19H23N3O4S2/c1-13-8-9-15(12-17(13)28(20,25)26)21-19(24)16(10-11-27-2)22-18(23)14-6-4-3-5-7-14/h3-9,12,16H,10-11H2,1-2H3,(H,21,24)(H,22,23)(H2,20,25,26)/t16-/m1/s1. The Balaban J connectivity index is 2.18. The van der Waals surface area contributed by atoms with Crippen LogP contribution in [0.5, 0.6) is 0 Å².